The second-order valence-corrected chi connectivity index (χ2v) is 11.9. The smallest absolute Gasteiger partial charge is 0.254 e. The fourth-order valence-electron chi connectivity index (χ4n) is 5.17. The molecule has 0 atom stereocenters. The summed E-state index contributed by atoms with van der Waals surface area (Å²) in [6.07, 6.45) is 3.55. The first-order valence-corrected chi connectivity index (χ1v) is 15.3. The molecule has 0 aromatic heterocycles. The van der Waals surface area contributed by atoms with Gasteiger partial charge in [0.2, 0.25) is 0 Å². The van der Waals surface area contributed by atoms with E-state index in [0.717, 1.165) is 25.7 Å². The van der Waals surface area contributed by atoms with Crippen LogP contribution in [0.2, 0.25) is 0 Å². The lowest BCUT2D eigenvalue weighted by Crippen LogP contribution is -2.42. The second-order valence-electron chi connectivity index (χ2n) is 11.9. The number of hydrogen-bond donors (Lipinski definition) is 2. The van der Waals surface area contributed by atoms with Crippen LogP contribution in [0.4, 0.5) is 0 Å². The minimum absolute atomic E-state index is 0.0344. The average molecular weight is 579 g/mol. The van der Waals surface area contributed by atoms with Crippen molar-refractivity contribution in [2.24, 2.45) is 0 Å². The van der Waals surface area contributed by atoms with Crippen LogP contribution in [0.5, 0.6) is 0 Å². The summed E-state index contributed by atoms with van der Waals surface area (Å²) < 4.78 is 0. The number of nitrogens with one attached hydrogen (secondary N) is 2. The zero-order valence-corrected chi connectivity index (χ0v) is 26.7. The van der Waals surface area contributed by atoms with E-state index in [-0.39, 0.29) is 47.8 Å². The number of carbonyl (C=O) groups excluding carboxylic acids is 4. The van der Waals surface area contributed by atoms with E-state index < -0.39 is 0 Å². The van der Waals surface area contributed by atoms with Gasteiger partial charge in [0, 0.05) is 59.5 Å². The lowest BCUT2D eigenvalue weighted by Gasteiger charge is -2.30. The molecule has 0 unspecified atom stereocenters. The molecule has 0 bridgehead atoms. The molecule has 8 heteroatoms. The molecule has 0 radical (unpaired) electrons. The predicted molar refractivity (Wildman–Crippen MR) is 169 cm³/mol. The number of nitrogens with zero attached hydrogens (tertiary/aromatic N) is 2. The highest BCUT2D eigenvalue weighted by Gasteiger charge is 2.23. The quantitative estimate of drug-likeness (QED) is 0.256. The van der Waals surface area contributed by atoms with E-state index in [2.05, 4.69) is 10.6 Å². The molecule has 0 aliphatic rings. The molecule has 0 saturated heterocycles. The first-order chi connectivity index (χ1) is 19.8. The van der Waals surface area contributed by atoms with Crippen molar-refractivity contribution in [1.82, 2.24) is 20.4 Å². The van der Waals surface area contributed by atoms with Crippen LogP contribution in [0.25, 0.3) is 0 Å². The van der Waals surface area contributed by atoms with E-state index in [1.165, 1.54) is 0 Å². The monoisotopic (exact) mass is 578 g/mol. The number of unbranched alkanes of at least 4 members (excludes halogenated alkanes) is 3. The minimum atomic E-state index is -0.153. The summed E-state index contributed by atoms with van der Waals surface area (Å²) in [5, 5.41) is 5.88. The standard InChI is InChI=1S/C34H50N4O4/c1-23(2)37(24(3)4)33(41)29-17-13-27(14-18-29)31(39)35-21-11-9-10-12-22-36-32(40)28-15-19-30(20-16-28)34(42)38(25(5)6)26(7)8/h13-20,23-26H,9-12,21-22H2,1-8H3,(H,35,39)(H,36,40). The summed E-state index contributed by atoms with van der Waals surface area (Å²) >= 11 is 0. The van der Waals surface area contributed by atoms with Gasteiger partial charge in [0.25, 0.3) is 23.6 Å². The number of amides is 4. The maximum Gasteiger partial charge on any atom is 0.254 e. The normalized spacial score (nSPS) is 11.2. The largest absolute Gasteiger partial charge is 0.352 e. The summed E-state index contributed by atoms with van der Waals surface area (Å²) in [4.78, 5) is 54.3. The number of benzene rings is 2. The van der Waals surface area contributed by atoms with Crippen LogP contribution in [0.3, 0.4) is 0 Å². The van der Waals surface area contributed by atoms with Crippen molar-refractivity contribution < 1.29 is 19.2 Å². The van der Waals surface area contributed by atoms with Gasteiger partial charge in [-0.3, -0.25) is 19.2 Å². The van der Waals surface area contributed by atoms with Gasteiger partial charge >= 0.3 is 0 Å². The Bertz CT molecular complexity index is 1060. The molecule has 0 fully saturated rings. The van der Waals surface area contributed by atoms with Crippen LogP contribution in [-0.2, 0) is 0 Å². The van der Waals surface area contributed by atoms with Crippen molar-refractivity contribution in [1.29, 1.82) is 0 Å². The summed E-state index contributed by atoms with van der Waals surface area (Å²) in [7, 11) is 0. The molecule has 42 heavy (non-hydrogen) atoms. The van der Waals surface area contributed by atoms with Gasteiger partial charge in [-0.15, -0.1) is 0 Å². The van der Waals surface area contributed by atoms with Crippen LogP contribution >= 0.6 is 0 Å². The molecular formula is C34H50N4O4. The third kappa shape index (κ3) is 10.00. The topological polar surface area (TPSA) is 98.8 Å². The highest BCUT2D eigenvalue weighted by molar-refractivity contribution is 5.99. The molecule has 0 saturated carbocycles. The third-order valence-electron chi connectivity index (χ3n) is 7.16. The van der Waals surface area contributed by atoms with E-state index in [9.17, 15) is 19.2 Å². The molecule has 2 aromatic rings. The summed E-state index contributed by atoms with van der Waals surface area (Å²) in [5.41, 5.74) is 2.22. The van der Waals surface area contributed by atoms with E-state index in [1.54, 1.807) is 48.5 Å². The molecule has 0 spiro atoms. The van der Waals surface area contributed by atoms with Gasteiger partial charge in [0.1, 0.15) is 0 Å². The lowest BCUT2D eigenvalue weighted by atomic mass is 10.1. The summed E-state index contributed by atoms with van der Waals surface area (Å²) in [5.74, 6) is -0.375. The van der Waals surface area contributed by atoms with E-state index in [1.807, 2.05) is 65.2 Å². The van der Waals surface area contributed by atoms with Gasteiger partial charge in [-0.05, 0) is 117 Å². The van der Waals surface area contributed by atoms with Gasteiger partial charge in [0.05, 0.1) is 0 Å². The molecule has 2 rings (SSSR count). The van der Waals surface area contributed by atoms with Gasteiger partial charge in [0.15, 0.2) is 0 Å². The molecule has 2 aromatic carbocycles. The highest BCUT2D eigenvalue weighted by atomic mass is 16.2. The third-order valence-corrected chi connectivity index (χ3v) is 7.16. The van der Waals surface area contributed by atoms with Gasteiger partial charge in [-0.1, -0.05) is 12.8 Å². The molecule has 0 aliphatic heterocycles. The first kappa shape index (κ1) is 34.5. The average Bonchev–Trinajstić information content (AvgIpc) is 2.93. The minimum Gasteiger partial charge on any atom is -0.352 e. The SMILES string of the molecule is CC(C)N(C(=O)c1ccc(C(=O)NCCCCCCNC(=O)c2ccc(C(=O)N(C(C)C)C(C)C)cc2)cc1)C(C)C. The Balaban J connectivity index is 1.67. The van der Waals surface area contributed by atoms with Crippen LogP contribution in [0.1, 0.15) is 123 Å². The predicted octanol–water partition coefficient (Wildman–Crippen LogP) is 5.92. The van der Waals surface area contributed by atoms with Crippen molar-refractivity contribution in [3.8, 4) is 0 Å². The zero-order valence-electron chi connectivity index (χ0n) is 26.7. The highest BCUT2D eigenvalue weighted by Crippen LogP contribution is 2.15. The fourth-order valence-corrected chi connectivity index (χ4v) is 5.17. The van der Waals surface area contributed by atoms with Crippen LogP contribution in [0, 0.1) is 0 Å². The maximum atomic E-state index is 12.8. The van der Waals surface area contributed by atoms with Crippen molar-refractivity contribution in [2.75, 3.05) is 13.1 Å². The zero-order chi connectivity index (χ0) is 31.4. The maximum absolute atomic E-state index is 12.8. The Kier molecular flexibility index (Phi) is 13.7. The Labute approximate surface area is 252 Å². The van der Waals surface area contributed by atoms with Gasteiger partial charge in [-0.2, -0.15) is 0 Å². The molecular weight excluding hydrogens is 528 g/mol. The number of hydrogen-bond acceptors (Lipinski definition) is 4. The lowest BCUT2D eigenvalue weighted by molar-refractivity contribution is 0.0634. The fraction of sp³-hybridized carbons (Fsp3) is 0.529. The van der Waals surface area contributed by atoms with Crippen molar-refractivity contribution in [3.05, 3.63) is 70.8 Å². The van der Waals surface area contributed by atoms with Crippen LogP contribution in [-0.4, -0.2) is 70.7 Å². The van der Waals surface area contributed by atoms with Crippen molar-refractivity contribution >= 4 is 23.6 Å². The molecule has 2 N–H and O–H groups in total. The summed E-state index contributed by atoms with van der Waals surface area (Å²) in [6, 6.07) is 14.0. The van der Waals surface area contributed by atoms with Crippen molar-refractivity contribution in [2.45, 2.75) is 105 Å². The number of carbonyl (C=O) groups is 4. The molecule has 0 heterocycles. The van der Waals surface area contributed by atoms with E-state index in [4.69, 9.17) is 0 Å². The van der Waals surface area contributed by atoms with Crippen LogP contribution in [0.15, 0.2) is 48.5 Å². The Morgan fingerprint density at radius 3 is 1.00 bits per heavy atom. The first-order valence-electron chi connectivity index (χ1n) is 15.3. The molecule has 230 valence electrons. The Morgan fingerprint density at radius 2 is 0.738 bits per heavy atom. The Hall–Kier alpha value is -3.68. The van der Waals surface area contributed by atoms with E-state index >= 15 is 0 Å². The van der Waals surface area contributed by atoms with Gasteiger partial charge in [-0.25, -0.2) is 0 Å². The number of rotatable bonds is 15. The van der Waals surface area contributed by atoms with Crippen molar-refractivity contribution in [3.63, 3.8) is 0 Å². The molecule has 4 amide bonds. The Morgan fingerprint density at radius 1 is 0.476 bits per heavy atom. The van der Waals surface area contributed by atoms with Crippen LogP contribution < -0.4 is 10.6 Å². The van der Waals surface area contributed by atoms with Gasteiger partial charge < -0.3 is 20.4 Å². The van der Waals surface area contributed by atoms with E-state index in [0.29, 0.717) is 35.3 Å². The molecule has 8 nitrogen and oxygen atoms in total. The second kappa shape index (κ2) is 16.7. The molecule has 0 aliphatic carbocycles. The summed E-state index contributed by atoms with van der Waals surface area (Å²) in [6.45, 7) is 17.1.